The van der Waals surface area contributed by atoms with Gasteiger partial charge in [0.1, 0.15) is 5.75 Å². The zero-order chi connectivity index (χ0) is 18.2. The Labute approximate surface area is 156 Å². The summed E-state index contributed by atoms with van der Waals surface area (Å²) in [6, 6.07) is 13.3. The molecule has 2 aromatic rings. The lowest BCUT2D eigenvalue weighted by Gasteiger charge is -2.20. The molecular weight excluding hydrogens is 382 g/mol. The number of carbonyl (C=O) groups is 1. The molecule has 0 saturated heterocycles. The fourth-order valence-corrected chi connectivity index (χ4v) is 2.80. The molecular formula is C19H22BrN3O2. The first-order valence-electron chi connectivity index (χ1n) is 8.11. The predicted molar refractivity (Wildman–Crippen MR) is 106 cm³/mol. The van der Waals surface area contributed by atoms with Crippen LogP contribution in [0.3, 0.4) is 0 Å². The van der Waals surface area contributed by atoms with Crippen molar-refractivity contribution in [1.82, 2.24) is 5.43 Å². The van der Waals surface area contributed by atoms with Crippen molar-refractivity contribution in [2.24, 2.45) is 5.10 Å². The van der Waals surface area contributed by atoms with Crippen LogP contribution in [0.4, 0.5) is 5.69 Å². The monoisotopic (exact) mass is 403 g/mol. The Morgan fingerprint density at radius 1 is 1.20 bits per heavy atom. The lowest BCUT2D eigenvalue weighted by Crippen LogP contribution is -2.21. The van der Waals surface area contributed by atoms with Crippen molar-refractivity contribution in [2.45, 2.75) is 13.8 Å². The normalized spacial score (nSPS) is 10.7. The lowest BCUT2D eigenvalue weighted by atomic mass is 10.2. The highest BCUT2D eigenvalue weighted by molar-refractivity contribution is 9.10. The molecule has 0 aliphatic carbocycles. The summed E-state index contributed by atoms with van der Waals surface area (Å²) in [7, 11) is 1.53. The number of methoxy groups -OCH3 is 1. The zero-order valence-electron chi connectivity index (χ0n) is 14.6. The maximum atomic E-state index is 12.3. The van der Waals surface area contributed by atoms with Gasteiger partial charge in [-0.3, -0.25) is 4.79 Å². The molecule has 0 atom stereocenters. The van der Waals surface area contributed by atoms with Crippen LogP contribution in [0.5, 0.6) is 5.75 Å². The number of carbonyl (C=O) groups excluding carboxylic acids is 1. The second-order valence-corrected chi connectivity index (χ2v) is 6.22. The summed E-state index contributed by atoms with van der Waals surface area (Å²) >= 11 is 3.35. The fourth-order valence-electron chi connectivity index (χ4n) is 2.44. The largest absolute Gasteiger partial charge is 0.496 e. The van der Waals surface area contributed by atoms with Gasteiger partial charge in [-0.2, -0.15) is 5.10 Å². The molecule has 0 aliphatic rings. The first-order chi connectivity index (χ1) is 12.1. The van der Waals surface area contributed by atoms with Crippen molar-refractivity contribution in [3.63, 3.8) is 0 Å². The highest BCUT2D eigenvalue weighted by Crippen LogP contribution is 2.22. The molecule has 0 unspecified atom stereocenters. The topological polar surface area (TPSA) is 53.9 Å². The molecule has 0 fully saturated rings. The summed E-state index contributed by atoms with van der Waals surface area (Å²) in [6.45, 7) is 6.19. The molecule has 5 nitrogen and oxygen atoms in total. The van der Waals surface area contributed by atoms with E-state index in [9.17, 15) is 4.79 Å². The molecule has 0 aliphatic heterocycles. The zero-order valence-corrected chi connectivity index (χ0v) is 16.2. The number of hydrogen-bond donors (Lipinski definition) is 1. The van der Waals surface area contributed by atoms with Gasteiger partial charge in [-0.15, -0.1) is 0 Å². The van der Waals surface area contributed by atoms with E-state index >= 15 is 0 Å². The van der Waals surface area contributed by atoms with Crippen LogP contribution in [0, 0.1) is 0 Å². The number of halogens is 1. The molecule has 25 heavy (non-hydrogen) atoms. The maximum Gasteiger partial charge on any atom is 0.275 e. The summed E-state index contributed by atoms with van der Waals surface area (Å²) < 4.78 is 6.01. The van der Waals surface area contributed by atoms with Crippen molar-refractivity contribution in [3.05, 3.63) is 58.1 Å². The van der Waals surface area contributed by atoms with Crippen LogP contribution in [0.2, 0.25) is 0 Å². The maximum absolute atomic E-state index is 12.3. The highest BCUT2D eigenvalue weighted by Gasteiger charge is 2.11. The van der Waals surface area contributed by atoms with E-state index in [-0.39, 0.29) is 5.91 Å². The van der Waals surface area contributed by atoms with Gasteiger partial charge in [-0.05, 0) is 49.7 Å². The number of nitrogens with one attached hydrogen (secondary N) is 1. The van der Waals surface area contributed by atoms with Gasteiger partial charge in [0.15, 0.2) is 0 Å². The molecule has 0 radical (unpaired) electrons. The van der Waals surface area contributed by atoms with Crippen LogP contribution in [-0.2, 0) is 0 Å². The summed E-state index contributed by atoms with van der Waals surface area (Å²) in [5.74, 6) is 0.175. The van der Waals surface area contributed by atoms with E-state index in [1.165, 1.54) is 12.8 Å². The Morgan fingerprint density at radius 3 is 2.48 bits per heavy atom. The average molecular weight is 404 g/mol. The van der Waals surface area contributed by atoms with E-state index in [4.69, 9.17) is 4.74 Å². The Morgan fingerprint density at radius 2 is 1.88 bits per heavy atom. The molecule has 0 aromatic heterocycles. The number of hydrogen-bond acceptors (Lipinski definition) is 4. The van der Waals surface area contributed by atoms with E-state index in [0.717, 1.165) is 23.1 Å². The average Bonchev–Trinajstić information content (AvgIpc) is 2.64. The standard InChI is InChI=1S/C19H22BrN3O2/c1-4-23(5-2)16-9-6-14(7-10-16)13-21-22-19(24)17-12-15(20)8-11-18(17)25-3/h6-13H,4-5H2,1-3H3,(H,22,24)/b21-13-. The van der Waals surface area contributed by atoms with Crippen molar-refractivity contribution in [1.29, 1.82) is 0 Å². The SMILES string of the molecule is CCN(CC)c1ccc(/C=N\NC(=O)c2cc(Br)ccc2OC)cc1. The fraction of sp³-hybridized carbons (Fsp3) is 0.263. The smallest absolute Gasteiger partial charge is 0.275 e. The van der Waals surface area contributed by atoms with Crippen LogP contribution in [-0.4, -0.2) is 32.3 Å². The van der Waals surface area contributed by atoms with Gasteiger partial charge in [0, 0.05) is 23.2 Å². The number of nitrogens with zero attached hydrogens (tertiary/aromatic N) is 2. The Kier molecular flexibility index (Phi) is 7.01. The van der Waals surface area contributed by atoms with Gasteiger partial charge in [0.2, 0.25) is 0 Å². The van der Waals surface area contributed by atoms with E-state index in [2.05, 4.69) is 45.2 Å². The van der Waals surface area contributed by atoms with E-state index in [1.54, 1.807) is 18.3 Å². The van der Waals surface area contributed by atoms with Gasteiger partial charge >= 0.3 is 0 Å². The molecule has 0 saturated carbocycles. The van der Waals surface area contributed by atoms with Crippen LogP contribution < -0.4 is 15.1 Å². The van der Waals surface area contributed by atoms with Crippen molar-refractivity contribution in [3.8, 4) is 5.75 Å². The Balaban J connectivity index is 2.03. The molecule has 132 valence electrons. The minimum atomic E-state index is -0.325. The second-order valence-electron chi connectivity index (χ2n) is 5.31. The minimum absolute atomic E-state index is 0.325. The van der Waals surface area contributed by atoms with E-state index < -0.39 is 0 Å². The van der Waals surface area contributed by atoms with Crippen molar-refractivity contribution < 1.29 is 9.53 Å². The first-order valence-corrected chi connectivity index (χ1v) is 8.90. The van der Waals surface area contributed by atoms with Crippen molar-refractivity contribution in [2.75, 3.05) is 25.1 Å². The molecule has 2 aromatic carbocycles. The Hall–Kier alpha value is -2.34. The predicted octanol–water partition coefficient (Wildman–Crippen LogP) is 4.07. The van der Waals surface area contributed by atoms with Gasteiger partial charge in [0.05, 0.1) is 18.9 Å². The van der Waals surface area contributed by atoms with E-state index in [1.807, 2.05) is 30.3 Å². The first kappa shape index (κ1) is 19.0. The third kappa shape index (κ3) is 5.06. The van der Waals surface area contributed by atoms with Crippen LogP contribution in [0.25, 0.3) is 0 Å². The lowest BCUT2D eigenvalue weighted by molar-refractivity contribution is 0.0952. The summed E-state index contributed by atoms with van der Waals surface area (Å²) in [4.78, 5) is 14.5. The number of benzene rings is 2. The van der Waals surface area contributed by atoms with Crippen LogP contribution in [0.15, 0.2) is 52.0 Å². The number of hydrazone groups is 1. The molecule has 0 bridgehead atoms. The van der Waals surface area contributed by atoms with Crippen molar-refractivity contribution >= 4 is 33.7 Å². The Bertz CT molecular complexity index is 741. The second kappa shape index (κ2) is 9.22. The third-order valence-electron chi connectivity index (χ3n) is 3.81. The molecule has 1 N–H and O–H groups in total. The summed E-state index contributed by atoms with van der Waals surface area (Å²) in [5, 5.41) is 4.03. The summed E-state index contributed by atoms with van der Waals surface area (Å²) in [6.07, 6.45) is 1.62. The van der Waals surface area contributed by atoms with Gasteiger partial charge in [-0.25, -0.2) is 5.43 Å². The third-order valence-corrected chi connectivity index (χ3v) is 4.30. The molecule has 2 rings (SSSR count). The molecule has 0 heterocycles. The van der Waals surface area contributed by atoms with Gasteiger partial charge in [0.25, 0.3) is 5.91 Å². The minimum Gasteiger partial charge on any atom is -0.496 e. The molecule has 6 heteroatoms. The van der Waals surface area contributed by atoms with Gasteiger partial charge < -0.3 is 9.64 Å². The quantitative estimate of drug-likeness (QED) is 0.559. The number of rotatable bonds is 7. The molecule has 1 amide bonds. The number of anilines is 1. The summed E-state index contributed by atoms with van der Waals surface area (Å²) in [5.41, 5.74) is 5.04. The number of ether oxygens (including phenoxy) is 1. The highest BCUT2D eigenvalue weighted by atomic mass is 79.9. The van der Waals surface area contributed by atoms with Gasteiger partial charge in [-0.1, -0.05) is 28.1 Å². The number of amides is 1. The molecule has 0 spiro atoms. The van der Waals surface area contributed by atoms with Crippen LogP contribution >= 0.6 is 15.9 Å². The van der Waals surface area contributed by atoms with E-state index in [0.29, 0.717) is 11.3 Å². The van der Waals surface area contributed by atoms with Crippen LogP contribution in [0.1, 0.15) is 29.8 Å².